The van der Waals surface area contributed by atoms with Crippen molar-refractivity contribution in [3.63, 3.8) is 0 Å². The quantitative estimate of drug-likeness (QED) is 0.905. The third-order valence-corrected chi connectivity index (χ3v) is 3.80. The molecule has 0 aliphatic carbocycles. The number of ether oxygens (including phenoxy) is 1. The number of hydrogen-bond acceptors (Lipinski definition) is 2. The lowest BCUT2D eigenvalue weighted by molar-refractivity contribution is 0.219. The Morgan fingerprint density at radius 3 is 2.89 bits per heavy atom. The molecule has 19 heavy (non-hydrogen) atoms. The van der Waals surface area contributed by atoms with Crippen molar-refractivity contribution >= 4 is 11.6 Å². The van der Waals surface area contributed by atoms with E-state index in [9.17, 15) is 5.11 Å². The average Bonchev–Trinajstić information content (AvgIpc) is 2.88. The summed E-state index contributed by atoms with van der Waals surface area (Å²) in [6.45, 7) is 2.70. The molecule has 2 aromatic carbocycles. The van der Waals surface area contributed by atoms with Crippen molar-refractivity contribution in [1.29, 1.82) is 0 Å². The molecule has 0 saturated heterocycles. The van der Waals surface area contributed by atoms with Crippen LogP contribution in [0.2, 0.25) is 5.02 Å². The molecule has 0 bridgehead atoms. The predicted octanol–water partition coefficient (Wildman–Crippen LogP) is 3.67. The number of aliphatic hydroxyl groups excluding tert-OH is 1. The Hall–Kier alpha value is -1.51. The summed E-state index contributed by atoms with van der Waals surface area (Å²) in [4.78, 5) is 0. The van der Waals surface area contributed by atoms with Crippen LogP contribution in [-0.4, -0.2) is 11.7 Å². The van der Waals surface area contributed by atoms with Crippen molar-refractivity contribution in [2.45, 2.75) is 19.4 Å². The number of hydrogen-bond donors (Lipinski definition) is 1. The SMILES string of the molecule is Cc1ccc(Cl)cc1C(O)c1ccc2c(c1)CCO2. The molecule has 3 heteroatoms. The van der Waals surface area contributed by atoms with Crippen molar-refractivity contribution < 1.29 is 9.84 Å². The zero-order chi connectivity index (χ0) is 13.4. The molecule has 0 saturated carbocycles. The van der Waals surface area contributed by atoms with Crippen LogP contribution < -0.4 is 4.74 Å². The molecule has 2 nitrogen and oxygen atoms in total. The minimum Gasteiger partial charge on any atom is -0.493 e. The van der Waals surface area contributed by atoms with E-state index < -0.39 is 6.10 Å². The number of aliphatic hydroxyl groups is 1. The lowest BCUT2D eigenvalue weighted by Crippen LogP contribution is -2.02. The van der Waals surface area contributed by atoms with Gasteiger partial charge in [0.15, 0.2) is 0 Å². The van der Waals surface area contributed by atoms with Crippen LogP contribution in [0, 0.1) is 6.92 Å². The molecular weight excluding hydrogens is 260 g/mol. The van der Waals surface area contributed by atoms with Crippen molar-refractivity contribution in [3.05, 3.63) is 63.7 Å². The number of aryl methyl sites for hydroxylation is 1. The number of rotatable bonds is 2. The fraction of sp³-hybridized carbons (Fsp3) is 0.250. The molecule has 0 radical (unpaired) electrons. The fourth-order valence-electron chi connectivity index (χ4n) is 2.46. The minimum absolute atomic E-state index is 0.643. The van der Waals surface area contributed by atoms with E-state index in [0.717, 1.165) is 41.0 Å². The van der Waals surface area contributed by atoms with Gasteiger partial charge in [-0.25, -0.2) is 0 Å². The second-order valence-corrected chi connectivity index (χ2v) is 5.31. The molecule has 1 aliphatic rings. The molecular formula is C16H15ClO2. The second-order valence-electron chi connectivity index (χ2n) is 4.87. The molecule has 1 atom stereocenters. The topological polar surface area (TPSA) is 29.5 Å². The smallest absolute Gasteiger partial charge is 0.122 e. The van der Waals surface area contributed by atoms with Gasteiger partial charge in [-0.05, 0) is 53.4 Å². The van der Waals surface area contributed by atoms with Gasteiger partial charge in [-0.15, -0.1) is 0 Å². The van der Waals surface area contributed by atoms with Crippen LogP contribution in [0.25, 0.3) is 0 Å². The Morgan fingerprint density at radius 2 is 2.05 bits per heavy atom. The van der Waals surface area contributed by atoms with Crippen LogP contribution >= 0.6 is 11.6 Å². The standard InChI is InChI=1S/C16H15ClO2/c1-10-2-4-13(17)9-14(10)16(18)12-3-5-15-11(8-12)6-7-19-15/h2-5,8-9,16,18H,6-7H2,1H3. The zero-order valence-corrected chi connectivity index (χ0v) is 11.4. The highest BCUT2D eigenvalue weighted by molar-refractivity contribution is 6.30. The van der Waals surface area contributed by atoms with Gasteiger partial charge in [0, 0.05) is 11.4 Å². The highest BCUT2D eigenvalue weighted by atomic mass is 35.5. The highest BCUT2D eigenvalue weighted by Crippen LogP contribution is 2.32. The molecule has 3 rings (SSSR count). The summed E-state index contributed by atoms with van der Waals surface area (Å²) in [5, 5.41) is 11.2. The zero-order valence-electron chi connectivity index (χ0n) is 10.7. The first-order chi connectivity index (χ1) is 9.15. The summed E-state index contributed by atoms with van der Waals surface area (Å²) in [6.07, 6.45) is 0.259. The lowest BCUT2D eigenvalue weighted by atomic mass is 9.96. The predicted molar refractivity (Wildman–Crippen MR) is 75.9 cm³/mol. The molecule has 0 amide bonds. The first-order valence-corrected chi connectivity index (χ1v) is 6.72. The van der Waals surface area contributed by atoms with Crippen molar-refractivity contribution in [1.82, 2.24) is 0 Å². The summed E-state index contributed by atoms with van der Waals surface area (Å²) in [5.41, 5.74) is 3.94. The van der Waals surface area contributed by atoms with Gasteiger partial charge in [-0.3, -0.25) is 0 Å². The van der Waals surface area contributed by atoms with E-state index >= 15 is 0 Å². The third kappa shape index (κ3) is 2.34. The van der Waals surface area contributed by atoms with Crippen LogP contribution in [-0.2, 0) is 6.42 Å². The van der Waals surface area contributed by atoms with E-state index in [1.54, 1.807) is 0 Å². The monoisotopic (exact) mass is 274 g/mol. The number of fused-ring (bicyclic) bond motifs is 1. The maximum absolute atomic E-state index is 10.5. The second kappa shape index (κ2) is 4.87. The first-order valence-electron chi connectivity index (χ1n) is 6.35. The summed E-state index contributed by atoms with van der Waals surface area (Å²) >= 11 is 6.01. The average molecular weight is 275 g/mol. The molecule has 1 unspecified atom stereocenters. The number of benzene rings is 2. The summed E-state index contributed by atoms with van der Waals surface area (Å²) in [6, 6.07) is 11.5. The van der Waals surface area contributed by atoms with Gasteiger partial charge in [0.2, 0.25) is 0 Å². The fourth-order valence-corrected chi connectivity index (χ4v) is 2.64. The molecule has 1 aliphatic heterocycles. The Bertz CT molecular complexity index is 622. The molecule has 2 aromatic rings. The van der Waals surface area contributed by atoms with Gasteiger partial charge in [-0.2, -0.15) is 0 Å². The van der Waals surface area contributed by atoms with Gasteiger partial charge in [0.05, 0.1) is 6.61 Å². The van der Waals surface area contributed by atoms with Crippen LogP contribution in [0.4, 0.5) is 0 Å². The van der Waals surface area contributed by atoms with Crippen molar-refractivity contribution in [2.24, 2.45) is 0 Å². The molecule has 1 heterocycles. The lowest BCUT2D eigenvalue weighted by Gasteiger charge is -2.15. The third-order valence-electron chi connectivity index (χ3n) is 3.57. The van der Waals surface area contributed by atoms with E-state index in [1.807, 2.05) is 43.3 Å². The highest BCUT2D eigenvalue weighted by Gasteiger charge is 2.18. The van der Waals surface area contributed by atoms with Crippen LogP contribution in [0.3, 0.4) is 0 Å². The van der Waals surface area contributed by atoms with Crippen LogP contribution in [0.15, 0.2) is 36.4 Å². The van der Waals surface area contributed by atoms with E-state index in [4.69, 9.17) is 16.3 Å². The molecule has 98 valence electrons. The Balaban J connectivity index is 1.99. The molecule has 0 spiro atoms. The van der Waals surface area contributed by atoms with Gasteiger partial charge < -0.3 is 9.84 Å². The molecule has 0 aromatic heterocycles. The van der Waals surface area contributed by atoms with Gasteiger partial charge in [0.1, 0.15) is 11.9 Å². The van der Waals surface area contributed by atoms with E-state index in [2.05, 4.69) is 0 Å². The van der Waals surface area contributed by atoms with E-state index in [-0.39, 0.29) is 0 Å². The Labute approximate surface area is 117 Å². The van der Waals surface area contributed by atoms with Crippen LogP contribution in [0.1, 0.15) is 28.4 Å². The maximum Gasteiger partial charge on any atom is 0.122 e. The Morgan fingerprint density at radius 1 is 1.21 bits per heavy atom. The molecule has 1 N–H and O–H groups in total. The van der Waals surface area contributed by atoms with Crippen LogP contribution in [0.5, 0.6) is 5.75 Å². The number of halogens is 1. The Kier molecular flexibility index (Phi) is 3.21. The minimum atomic E-state index is -0.649. The first kappa shape index (κ1) is 12.5. The normalized spacial score (nSPS) is 14.9. The summed E-state index contributed by atoms with van der Waals surface area (Å²) < 4.78 is 5.48. The van der Waals surface area contributed by atoms with Gasteiger partial charge in [-0.1, -0.05) is 23.7 Å². The largest absolute Gasteiger partial charge is 0.493 e. The van der Waals surface area contributed by atoms with Crippen molar-refractivity contribution in [2.75, 3.05) is 6.61 Å². The summed E-state index contributed by atoms with van der Waals surface area (Å²) in [7, 11) is 0. The van der Waals surface area contributed by atoms with Gasteiger partial charge >= 0.3 is 0 Å². The van der Waals surface area contributed by atoms with Gasteiger partial charge in [0.25, 0.3) is 0 Å². The van der Waals surface area contributed by atoms with E-state index in [0.29, 0.717) is 5.02 Å². The maximum atomic E-state index is 10.5. The molecule has 0 fully saturated rings. The summed E-state index contributed by atoms with van der Waals surface area (Å²) in [5.74, 6) is 0.929. The van der Waals surface area contributed by atoms with Crippen molar-refractivity contribution in [3.8, 4) is 5.75 Å². The van der Waals surface area contributed by atoms with E-state index in [1.165, 1.54) is 0 Å².